The van der Waals surface area contributed by atoms with Crippen LogP contribution < -0.4 is 5.32 Å². The number of rotatable bonds is 6. The van der Waals surface area contributed by atoms with Gasteiger partial charge >= 0.3 is 0 Å². The predicted molar refractivity (Wildman–Crippen MR) is 105 cm³/mol. The van der Waals surface area contributed by atoms with Crippen LogP contribution in [0.2, 0.25) is 5.02 Å². The van der Waals surface area contributed by atoms with Crippen molar-refractivity contribution in [1.82, 2.24) is 19.7 Å². The van der Waals surface area contributed by atoms with Gasteiger partial charge in [-0.05, 0) is 50.2 Å². The molecule has 8 heteroatoms. The van der Waals surface area contributed by atoms with E-state index in [1.165, 1.54) is 19.0 Å². The topological polar surface area (TPSA) is 86.4 Å². The molecular formula is C19H22ClN5O2. The molecule has 3 N–H and O–H groups in total. The van der Waals surface area contributed by atoms with E-state index in [-0.39, 0.29) is 0 Å². The number of likely N-dealkylation sites (tertiary alicyclic amines) is 1. The van der Waals surface area contributed by atoms with Crippen LogP contribution in [0.1, 0.15) is 24.7 Å². The molecular weight excluding hydrogens is 366 g/mol. The van der Waals surface area contributed by atoms with Crippen molar-refractivity contribution in [3.8, 4) is 0 Å². The molecule has 2 aromatic heterocycles. The number of aliphatic hydroxyl groups is 2. The number of aliphatic hydroxyl groups excluding tert-OH is 1. The van der Waals surface area contributed by atoms with Gasteiger partial charge in [0.25, 0.3) is 0 Å². The normalized spacial score (nSPS) is 15.1. The highest BCUT2D eigenvalue weighted by atomic mass is 35.5. The molecule has 1 aromatic carbocycles. The Balaban J connectivity index is 1.67. The van der Waals surface area contributed by atoms with Gasteiger partial charge in [-0.25, -0.2) is 0 Å². The fourth-order valence-corrected chi connectivity index (χ4v) is 3.69. The monoisotopic (exact) mass is 387 g/mol. The molecule has 3 aromatic rings. The van der Waals surface area contributed by atoms with Gasteiger partial charge in [0, 0.05) is 28.7 Å². The van der Waals surface area contributed by atoms with E-state index in [1.54, 1.807) is 12.3 Å². The fourth-order valence-electron chi connectivity index (χ4n) is 3.52. The Morgan fingerprint density at radius 3 is 2.74 bits per heavy atom. The summed E-state index contributed by atoms with van der Waals surface area (Å²) < 4.78 is 1.97. The molecule has 27 heavy (non-hydrogen) atoms. The molecule has 0 saturated carbocycles. The summed E-state index contributed by atoms with van der Waals surface area (Å²) in [5.41, 5.74) is 1.82. The molecule has 0 bridgehead atoms. The lowest BCUT2D eigenvalue weighted by atomic mass is 10.2. The lowest BCUT2D eigenvalue weighted by Gasteiger charge is -2.14. The lowest BCUT2D eigenvalue weighted by molar-refractivity contribution is -0.0419. The quantitative estimate of drug-likeness (QED) is 0.564. The highest BCUT2D eigenvalue weighted by Crippen LogP contribution is 2.30. The van der Waals surface area contributed by atoms with Crippen molar-refractivity contribution >= 4 is 34.0 Å². The van der Waals surface area contributed by atoms with Crippen LogP contribution >= 0.6 is 11.6 Å². The van der Waals surface area contributed by atoms with Crippen LogP contribution in [0.3, 0.4) is 0 Å². The van der Waals surface area contributed by atoms with Crippen LogP contribution in [0.5, 0.6) is 0 Å². The molecule has 142 valence electrons. The summed E-state index contributed by atoms with van der Waals surface area (Å²) in [5, 5.41) is 28.6. The Morgan fingerprint density at radius 2 is 1.96 bits per heavy atom. The molecule has 1 aliphatic rings. The summed E-state index contributed by atoms with van der Waals surface area (Å²) in [7, 11) is 0. The van der Waals surface area contributed by atoms with Gasteiger partial charge in [0.15, 0.2) is 12.1 Å². The van der Waals surface area contributed by atoms with Gasteiger partial charge in [0.2, 0.25) is 0 Å². The molecule has 3 heterocycles. The van der Waals surface area contributed by atoms with Crippen molar-refractivity contribution in [2.75, 3.05) is 25.0 Å². The number of nitrogens with one attached hydrogen (secondary N) is 1. The minimum Gasteiger partial charge on any atom is -0.364 e. The van der Waals surface area contributed by atoms with Gasteiger partial charge in [-0.15, -0.1) is 0 Å². The second-order valence-electron chi connectivity index (χ2n) is 6.74. The maximum absolute atomic E-state index is 9.59. The van der Waals surface area contributed by atoms with Crippen LogP contribution in [0.4, 0.5) is 11.5 Å². The number of hydrogen-bond acceptors (Lipinski definition) is 6. The third-order valence-electron chi connectivity index (χ3n) is 4.93. The maximum Gasteiger partial charge on any atom is 0.180 e. The van der Waals surface area contributed by atoms with Crippen molar-refractivity contribution in [1.29, 1.82) is 0 Å². The molecule has 4 rings (SSSR count). The molecule has 7 nitrogen and oxygen atoms in total. The van der Waals surface area contributed by atoms with Crippen LogP contribution in [-0.2, 0) is 6.54 Å². The summed E-state index contributed by atoms with van der Waals surface area (Å²) >= 11 is 6.20. The highest BCUT2D eigenvalue weighted by Gasteiger charge is 2.17. The SMILES string of the molecule is OC(O)c1ccncc1Nc1nn(CCN2CCCC2)c2ccc(Cl)cc12. The smallest absolute Gasteiger partial charge is 0.180 e. The summed E-state index contributed by atoms with van der Waals surface area (Å²) in [4.78, 5) is 6.51. The van der Waals surface area contributed by atoms with Crippen molar-refractivity contribution in [3.05, 3.63) is 47.2 Å². The Bertz CT molecular complexity index is 937. The molecule has 0 spiro atoms. The first-order valence-electron chi connectivity index (χ1n) is 9.07. The molecule has 0 radical (unpaired) electrons. The van der Waals surface area contributed by atoms with Crippen LogP contribution in [0.15, 0.2) is 36.7 Å². The highest BCUT2D eigenvalue weighted by molar-refractivity contribution is 6.31. The minimum absolute atomic E-state index is 0.340. The van der Waals surface area contributed by atoms with Crippen LogP contribution in [0.25, 0.3) is 10.9 Å². The van der Waals surface area contributed by atoms with Gasteiger partial charge in [0.05, 0.1) is 23.9 Å². The zero-order valence-electron chi connectivity index (χ0n) is 14.8. The average molecular weight is 388 g/mol. The van der Waals surface area contributed by atoms with E-state index in [0.717, 1.165) is 37.1 Å². The number of benzene rings is 1. The first-order chi connectivity index (χ1) is 13.1. The van der Waals surface area contributed by atoms with E-state index < -0.39 is 6.29 Å². The lowest BCUT2D eigenvalue weighted by Crippen LogP contribution is -2.24. The largest absolute Gasteiger partial charge is 0.364 e. The van der Waals surface area contributed by atoms with E-state index in [2.05, 4.69) is 15.2 Å². The van der Waals surface area contributed by atoms with Crippen LogP contribution in [0, 0.1) is 0 Å². The number of fused-ring (bicyclic) bond motifs is 1. The minimum atomic E-state index is -1.59. The molecule has 1 saturated heterocycles. The first-order valence-corrected chi connectivity index (χ1v) is 9.45. The molecule has 0 unspecified atom stereocenters. The Labute approximate surface area is 162 Å². The fraction of sp³-hybridized carbons (Fsp3) is 0.368. The van der Waals surface area contributed by atoms with Crippen molar-refractivity contribution in [3.63, 3.8) is 0 Å². The summed E-state index contributed by atoms with van der Waals surface area (Å²) in [6, 6.07) is 7.25. The third-order valence-corrected chi connectivity index (χ3v) is 5.16. The molecule has 1 fully saturated rings. The van der Waals surface area contributed by atoms with Crippen LogP contribution in [-0.4, -0.2) is 49.5 Å². The van der Waals surface area contributed by atoms with Crippen molar-refractivity contribution < 1.29 is 10.2 Å². The average Bonchev–Trinajstić information content (AvgIpc) is 3.28. The van der Waals surface area contributed by atoms with E-state index in [4.69, 9.17) is 16.7 Å². The summed E-state index contributed by atoms with van der Waals surface area (Å²) in [5.74, 6) is 0.615. The number of pyridine rings is 1. The molecule has 0 aliphatic carbocycles. The zero-order valence-corrected chi connectivity index (χ0v) is 15.6. The standard InChI is InChI=1S/C19H22ClN5O2/c20-13-3-4-17-15(11-13)18(22-16-12-21-6-5-14(16)19(26)27)23-25(17)10-9-24-7-1-2-8-24/h3-6,11-12,19,26-27H,1-2,7-10H2,(H,22,23). The molecule has 0 atom stereocenters. The van der Waals surface area contributed by atoms with E-state index >= 15 is 0 Å². The second kappa shape index (κ2) is 7.82. The van der Waals surface area contributed by atoms with E-state index in [1.807, 2.05) is 22.9 Å². The first kappa shape index (κ1) is 18.2. The Hall–Kier alpha value is -2.19. The van der Waals surface area contributed by atoms with Gasteiger partial charge in [-0.2, -0.15) is 5.10 Å². The van der Waals surface area contributed by atoms with Gasteiger partial charge < -0.3 is 20.4 Å². The number of aromatic nitrogens is 3. The number of anilines is 2. The number of halogens is 1. The van der Waals surface area contributed by atoms with Gasteiger partial charge in [0.1, 0.15) is 0 Å². The Kier molecular flexibility index (Phi) is 5.27. The van der Waals surface area contributed by atoms with E-state index in [0.29, 0.717) is 22.1 Å². The summed E-state index contributed by atoms with van der Waals surface area (Å²) in [6.07, 6.45) is 3.99. The molecule has 0 amide bonds. The van der Waals surface area contributed by atoms with Crippen molar-refractivity contribution in [2.24, 2.45) is 0 Å². The maximum atomic E-state index is 9.59. The zero-order chi connectivity index (χ0) is 18.8. The number of nitrogens with zero attached hydrogens (tertiary/aromatic N) is 4. The van der Waals surface area contributed by atoms with Gasteiger partial charge in [-0.1, -0.05) is 11.6 Å². The number of hydrogen-bond donors (Lipinski definition) is 3. The molecule has 1 aliphatic heterocycles. The Morgan fingerprint density at radius 1 is 1.15 bits per heavy atom. The van der Waals surface area contributed by atoms with Gasteiger partial charge in [-0.3, -0.25) is 9.67 Å². The third kappa shape index (κ3) is 3.91. The van der Waals surface area contributed by atoms with E-state index in [9.17, 15) is 10.2 Å². The summed E-state index contributed by atoms with van der Waals surface area (Å²) in [6.45, 7) is 4.02. The van der Waals surface area contributed by atoms with Crippen molar-refractivity contribution in [2.45, 2.75) is 25.7 Å². The predicted octanol–water partition coefficient (Wildman–Crippen LogP) is 2.91. The second-order valence-corrected chi connectivity index (χ2v) is 7.18.